The second-order valence-electron chi connectivity index (χ2n) is 6.36. The lowest BCUT2D eigenvalue weighted by Crippen LogP contribution is -2.07. The first-order valence-corrected chi connectivity index (χ1v) is 10.1. The molecule has 4 rings (SSSR count). The molecule has 0 radical (unpaired) electrons. The quantitative estimate of drug-likeness (QED) is 0.453. The van der Waals surface area contributed by atoms with Gasteiger partial charge in [0.25, 0.3) is 0 Å². The molecule has 4 aromatic rings. The molecule has 0 fully saturated rings. The predicted molar refractivity (Wildman–Crippen MR) is 113 cm³/mol. The third kappa shape index (κ3) is 5.88. The number of hydrogen-bond acceptors (Lipinski definition) is 3. The number of benzene rings is 3. The van der Waals surface area contributed by atoms with Gasteiger partial charge >= 0.3 is 6.18 Å². The van der Waals surface area contributed by atoms with Gasteiger partial charge in [0.2, 0.25) is 0 Å². The summed E-state index contributed by atoms with van der Waals surface area (Å²) in [6.07, 6.45) is -4.50. The Hall–Kier alpha value is -3.27. The van der Waals surface area contributed by atoms with E-state index in [0.29, 0.717) is 16.9 Å². The lowest BCUT2D eigenvalue weighted by Gasteiger charge is -2.08. The van der Waals surface area contributed by atoms with E-state index in [1.54, 1.807) is 24.3 Å². The normalized spacial score (nSPS) is 12.0. The molecular weight excluding hydrogens is 427 g/mol. The summed E-state index contributed by atoms with van der Waals surface area (Å²) in [7, 11) is 0. The highest BCUT2D eigenvalue weighted by Crippen LogP contribution is 2.33. The Morgan fingerprint density at radius 3 is 1.77 bits per heavy atom. The molecule has 0 bridgehead atoms. The average Bonchev–Trinajstić information content (AvgIpc) is 3.21. The van der Waals surface area contributed by atoms with E-state index in [0.717, 1.165) is 17.2 Å². The Morgan fingerprint density at radius 1 is 0.806 bits per heavy atom. The first-order valence-electron chi connectivity index (χ1n) is 8.98. The van der Waals surface area contributed by atoms with Gasteiger partial charge in [-0.2, -0.15) is 18.3 Å². The van der Waals surface area contributed by atoms with Crippen molar-refractivity contribution in [3.8, 4) is 28.1 Å². The highest BCUT2D eigenvalue weighted by atomic mass is 32.2. The molecule has 1 aromatic heterocycles. The van der Waals surface area contributed by atoms with E-state index in [4.69, 9.17) is 8.76 Å². The predicted octanol–water partition coefficient (Wildman–Crippen LogP) is 4.96. The fourth-order valence-corrected chi connectivity index (χ4v) is 2.96. The molecule has 0 saturated heterocycles. The second kappa shape index (κ2) is 9.69. The molecule has 0 saturated carbocycles. The standard InChI is InChI=1S/C22H15F3N2.H3NO2S/c23-22(24,25)21-15-20(27(26-21)19-9-5-2-6-10-19)18-13-11-17(12-14-18)16-7-3-1-4-8-16;1-4(2)3/h1-15H;1H2,(H,2,3)/p-1. The molecule has 2 N–H and O–H groups in total. The van der Waals surface area contributed by atoms with E-state index in [2.05, 4.69) is 10.2 Å². The fraction of sp³-hybridized carbons (Fsp3) is 0.0455. The summed E-state index contributed by atoms with van der Waals surface area (Å²) in [6.45, 7) is 0. The average molecular weight is 444 g/mol. The minimum absolute atomic E-state index is 0.396. The molecule has 5 nitrogen and oxygen atoms in total. The molecule has 0 aliphatic heterocycles. The first kappa shape index (κ1) is 22.4. The van der Waals surface area contributed by atoms with Crippen molar-refractivity contribution in [2.75, 3.05) is 0 Å². The largest absolute Gasteiger partial charge is 0.760 e. The molecule has 0 amide bonds. The van der Waals surface area contributed by atoms with Crippen molar-refractivity contribution in [3.63, 3.8) is 0 Å². The molecule has 9 heteroatoms. The Labute approximate surface area is 179 Å². The van der Waals surface area contributed by atoms with E-state index in [1.165, 1.54) is 4.68 Å². The molecule has 1 atom stereocenters. The Morgan fingerprint density at radius 2 is 1.26 bits per heavy atom. The van der Waals surface area contributed by atoms with Crippen molar-refractivity contribution >= 4 is 11.3 Å². The molecule has 31 heavy (non-hydrogen) atoms. The first-order chi connectivity index (χ1) is 14.8. The molecular formula is C22H17F3N3O2S-. The summed E-state index contributed by atoms with van der Waals surface area (Å²) in [5, 5.41) is 7.83. The van der Waals surface area contributed by atoms with Crippen molar-refractivity contribution in [1.82, 2.24) is 9.78 Å². The van der Waals surface area contributed by atoms with E-state index < -0.39 is 23.1 Å². The SMILES string of the molecule is FC(F)(F)c1cc(-c2ccc(-c3ccccc3)cc2)n(-c2ccccc2)n1.NS(=O)[O-]. The Kier molecular flexibility index (Phi) is 7.01. The van der Waals surface area contributed by atoms with Crippen LogP contribution in [0.15, 0.2) is 91.0 Å². The lowest BCUT2D eigenvalue weighted by molar-refractivity contribution is -0.141. The zero-order valence-corrected chi connectivity index (χ0v) is 16.8. The van der Waals surface area contributed by atoms with Crippen LogP contribution in [0.3, 0.4) is 0 Å². The van der Waals surface area contributed by atoms with E-state index >= 15 is 0 Å². The highest BCUT2D eigenvalue weighted by molar-refractivity contribution is 7.76. The van der Waals surface area contributed by atoms with Crippen LogP contribution < -0.4 is 5.14 Å². The number of nitrogens with zero attached hydrogens (tertiary/aromatic N) is 2. The Balaban J connectivity index is 0.000000628. The number of aromatic nitrogens is 2. The summed E-state index contributed by atoms with van der Waals surface area (Å²) >= 11 is -2.36. The summed E-state index contributed by atoms with van der Waals surface area (Å²) in [5.41, 5.74) is 2.79. The van der Waals surface area contributed by atoms with E-state index in [9.17, 15) is 13.2 Å². The molecule has 0 aliphatic carbocycles. The van der Waals surface area contributed by atoms with Crippen molar-refractivity contribution in [3.05, 3.63) is 96.7 Å². The maximum atomic E-state index is 13.2. The molecule has 0 aliphatic rings. The van der Waals surface area contributed by atoms with Gasteiger partial charge in [-0.3, -0.25) is 9.35 Å². The van der Waals surface area contributed by atoms with Crippen molar-refractivity contribution in [2.24, 2.45) is 5.14 Å². The zero-order valence-electron chi connectivity index (χ0n) is 16.0. The van der Waals surface area contributed by atoms with Crippen LogP contribution >= 0.6 is 0 Å². The van der Waals surface area contributed by atoms with Crippen LogP contribution in [0.5, 0.6) is 0 Å². The van der Waals surface area contributed by atoms with Gasteiger partial charge in [0.15, 0.2) is 5.69 Å². The summed E-state index contributed by atoms with van der Waals surface area (Å²) in [6, 6.07) is 27.2. The molecule has 1 heterocycles. The molecule has 0 spiro atoms. The monoisotopic (exact) mass is 444 g/mol. The van der Waals surface area contributed by atoms with Gasteiger partial charge in [-0.15, -0.1) is 0 Å². The lowest BCUT2D eigenvalue weighted by atomic mass is 10.0. The molecule has 160 valence electrons. The number of rotatable bonds is 3. The van der Waals surface area contributed by atoms with Crippen LogP contribution in [0.1, 0.15) is 5.69 Å². The summed E-state index contributed by atoms with van der Waals surface area (Å²) in [5.74, 6) is 0. The van der Waals surface area contributed by atoms with Gasteiger partial charge < -0.3 is 4.55 Å². The minimum atomic E-state index is -4.50. The van der Waals surface area contributed by atoms with E-state index in [-0.39, 0.29) is 0 Å². The van der Waals surface area contributed by atoms with Gasteiger partial charge in [-0.25, -0.2) is 4.68 Å². The molecule has 3 aromatic carbocycles. The maximum Gasteiger partial charge on any atom is 0.435 e. The van der Waals surface area contributed by atoms with Crippen LogP contribution in [-0.4, -0.2) is 18.5 Å². The van der Waals surface area contributed by atoms with Crippen LogP contribution in [0.25, 0.3) is 28.1 Å². The van der Waals surface area contributed by atoms with Crippen molar-refractivity contribution in [1.29, 1.82) is 0 Å². The smallest absolute Gasteiger partial charge is 0.435 e. The number of halogens is 3. The van der Waals surface area contributed by atoms with Crippen LogP contribution in [0.4, 0.5) is 13.2 Å². The van der Waals surface area contributed by atoms with E-state index in [1.807, 2.05) is 60.7 Å². The number of nitrogens with two attached hydrogens (primary N) is 1. The number of alkyl halides is 3. The van der Waals surface area contributed by atoms with Gasteiger partial charge in [-0.05, 0) is 29.3 Å². The Bertz CT molecular complexity index is 1140. The van der Waals surface area contributed by atoms with Crippen LogP contribution in [0, 0.1) is 0 Å². The van der Waals surface area contributed by atoms with Crippen LogP contribution in [-0.2, 0) is 17.4 Å². The summed E-state index contributed by atoms with van der Waals surface area (Å²) < 4.78 is 58.6. The number of hydrogen-bond donors (Lipinski definition) is 1. The molecule has 1 unspecified atom stereocenters. The minimum Gasteiger partial charge on any atom is -0.760 e. The van der Waals surface area contributed by atoms with Crippen molar-refractivity contribution in [2.45, 2.75) is 6.18 Å². The fourth-order valence-electron chi connectivity index (χ4n) is 2.96. The summed E-state index contributed by atoms with van der Waals surface area (Å²) in [4.78, 5) is 0. The highest BCUT2D eigenvalue weighted by Gasteiger charge is 2.35. The maximum absolute atomic E-state index is 13.2. The van der Waals surface area contributed by atoms with Gasteiger partial charge in [0.1, 0.15) is 0 Å². The van der Waals surface area contributed by atoms with Crippen LogP contribution in [0.2, 0.25) is 0 Å². The topological polar surface area (TPSA) is 84.0 Å². The van der Waals surface area contributed by atoms with Gasteiger partial charge in [0, 0.05) is 16.8 Å². The zero-order chi connectivity index (χ0) is 22.4. The van der Waals surface area contributed by atoms with Gasteiger partial charge in [-0.1, -0.05) is 72.8 Å². The van der Waals surface area contributed by atoms with Crippen molar-refractivity contribution < 1.29 is 21.9 Å². The number of para-hydroxylation sites is 1. The third-order valence-corrected chi connectivity index (χ3v) is 4.29. The third-order valence-electron chi connectivity index (χ3n) is 4.29. The van der Waals surface area contributed by atoms with Gasteiger partial charge in [0.05, 0.1) is 11.4 Å². The second-order valence-corrected chi connectivity index (χ2v) is 6.88.